The van der Waals surface area contributed by atoms with Crippen LogP contribution in [0.25, 0.3) is 0 Å². The number of aliphatic imine (C=N–C) groups is 1. The molecule has 2 nitrogen and oxygen atoms in total. The number of nitrogens with zero attached hydrogens (tertiary/aromatic N) is 1. The summed E-state index contributed by atoms with van der Waals surface area (Å²) in [6, 6.07) is 0. The van der Waals surface area contributed by atoms with Crippen LogP contribution in [0.2, 0.25) is 0 Å². The number of hydrogen-bond donors (Lipinski definition) is 1. The molecule has 0 saturated carbocycles. The van der Waals surface area contributed by atoms with E-state index in [-0.39, 0.29) is 5.41 Å². The van der Waals surface area contributed by atoms with Crippen molar-refractivity contribution in [3.8, 4) is 0 Å². The van der Waals surface area contributed by atoms with Gasteiger partial charge in [0.2, 0.25) is 0 Å². The predicted molar refractivity (Wildman–Crippen MR) is 58.8 cm³/mol. The highest BCUT2D eigenvalue weighted by atomic mass is 127. The molecule has 0 atom stereocenters. The van der Waals surface area contributed by atoms with E-state index >= 15 is 0 Å². The summed E-state index contributed by atoms with van der Waals surface area (Å²) in [7, 11) is 0. The summed E-state index contributed by atoms with van der Waals surface area (Å²) in [6.45, 7) is 6.12. The van der Waals surface area contributed by atoms with Crippen molar-refractivity contribution in [3.05, 3.63) is 10.3 Å². The second-order valence-corrected chi connectivity index (χ2v) is 3.90. The molecule has 0 spiro atoms. The highest BCUT2D eigenvalue weighted by Gasteiger charge is 2.15. The Labute approximate surface area is 81.4 Å². The third kappa shape index (κ3) is 4.29. The monoisotopic (exact) mass is 264 g/mol. The molecule has 0 saturated heterocycles. The molecule has 0 bridgehead atoms. The maximum Gasteiger partial charge on any atom is 0.0632 e. The molecule has 0 aromatic rings. The summed E-state index contributed by atoms with van der Waals surface area (Å²) in [5, 5.41) is 7.10. The van der Waals surface area contributed by atoms with Crippen LogP contribution >= 0.6 is 22.6 Å². The Hall–Kier alpha value is -0.190. The first kappa shape index (κ1) is 10.8. The molecule has 0 aromatic heterocycles. The van der Waals surface area contributed by atoms with Gasteiger partial charge in [-0.15, -0.1) is 0 Å². The summed E-state index contributed by atoms with van der Waals surface area (Å²) in [5.74, 6) is 0. The number of nitrogens with one attached hydrogen (secondary N) is 1. The van der Waals surface area contributed by atoms with Gasteiger partial charge in [0.25, 0.3) is 0 Å². The highest BCUT2D eigenvalue weighted by Crippen LogP contribution is 2.14. The predicted octanol–water partition coefficient (Wildman–Crippen LogP) is 3.03. The van der Waals surface area contributed by atoms with Crippen molar-refractivity contribution in [1.29, 1.82) is 5.41 Å². The molecule has 11 heavy (non-hydrogen) atoms. The van der Waals surface area contributed by atoms with Gasteiger partial charge >= 0.3 is 0 Å². The fraction of sp³-hybridized carbons (Fsp3) is 0.500. The lowest BCUT2D eigenvalue weighted by molar-refractivity contribution is 0.598. The lowest BCUT2D eigenvalue weighted by Crippen LogP contribution is -2.20. The van der Waals surface area contributed by atoms with Crippen molar-refractivity contribution < 1.29 is 0 Å². The van der Waals surface area contributed by atoms with E-state index in [4.69, 9.17) is 5.41 Å². The lowest BCUT2D eigenvalue weighted by Gasteiger charge is -2.16. The SMILES string of the molecule is CC(C)(C)C(C=N)=N/C=C\I. The van der Waals surface area contributed by atoms with E-state index < -0.39 is 0 Å². The molecule has 0 radical (unpaired) electrons. The molecule has 0 unspecified atom stereocenters. The van der Waals surface area contributed by atoms with E-state index in [0.717, 1.165) is 5.71 Å². The second kappa shape index (κ2) is 4.64. The van der Waals surface area contributed by atoms with Gasteiger partial charge in [-0.2, -0.15) is 0 Å². The van der Waals surface area contributed by atoms with E-state index in [2.05, 4.69) is 27.6 Å². The van der Waals surface area contributed by atoms with Crippen LogP contribution in [-0.4, -0.2) is 11.9 Å². The van der Waals surface area contributed by atoms with E-state index in [1.54, 1.807) is 6.20 Å². The summed E-state index contributed by atoms with van der Waals surface area (Å²) >= 11 is 2.10. The molecule has 0 aliphatic carbocycles. The lowest BCUT2D eigenvalue weighted by atomic mass is 9.91. The number of halogens is 1. The first-order valence-electron chi connectivity index (χ1n) is 3.36. The smallest absolute Gasteiger partial charge is 0.0632 e. The fourth-order valence-electron chi connectivity index (χ4n) is 0.556. The minimum Gasteiger partial charge on any atom is -0.307 e. The standard InChI is InChI=1S/C8H13IN2/c1-8(2,3)7(6-10)11-5-4-9/h4-6,10H,1-3H3/b5-4-,10-6?,11-7?. The maximum atomic E-state index is 7.10. The first-order chi connectivity index (χ1) is 5.02. The van der Waals surface area contributed by atoms with Gasteiger partial charge in [0.05, 0.1) is 5.71 Å². The van der Waals surface area contributed by atoms with Crippen LogP contribution < -0.4 is 0 Å². The van der Waals surface area contributed by atoms with Crippen LogP contribution in [-0.2, 0) is 0 Å². The van der Waals surface area contributed by atoms with Gasteiger partial charge in [-0.05, 0) is 4.08 Å². The second-order valence-electron chi connectivity index (χ2n) is 3.18. The van der Waals surface area contributed by atoms with Crippen LogP contribution in [0.1, 0.15) is 20.8 Å². The largest absolute Gasteiger partial charge is 0.307 e. The summed E-state index contributed by atoms with van der Waals surface area (Å²) < 4.78 is 1.83. The molecule has 0 aromatic carbocycles. The van der Waals surface area contributed by atoms with Crippen molar-refractivity contribution in [2.75, 3.05) is 0 Å². The summed E-state index contributed by atoms with van der Waals surface area (Å²) in [5.41, 5.74) is 0.767. The van der Waals surface area contributed by atoms with Gasteiger partial charge in [-0.25, -0.2) is 0 Å². The van der Waals surface area contributed by atoms with E-state index in [1.807, 2.05) is 24.9 Å². The average molecular weight is 264 g/mol. The molecular weight excluding hydrogens is 251 g/mol. The van der Waals surface area contributed by atoms with Crippen molar-refractivity contribution in [2.24, 2.45) is 10.4 Å². The Kier molecular flexibility index (Phi) is 4.56. The van der Waals surface area contributed by atoms with Crippen molar-refractivity contribution >= 4 is 34.5 Å². The van der Waals surface area contributed by atoms with E-state index in [9.17, 15) is 0 Å². The molecule has 62 valence electrons. The van der Waals surface area contributed by atoms with Gasteiger partial charge in [0.15, 0.2) is 0 Å². The van der Waals surface area contributed by atoms with Crippen molar-refractivity contribution in [2.45, 2.75) is 20.8 Å². The molecular formula is C8H13IN2. The minimum atomic E-state index is -0.0299. The topological polar surface area (TPSA) is 36.2 Å². The Bertz CT molecular complexity index is 187. The Morgan fingerprint density at radius 2 is 2.00 bits per heavy atom. The average Bonchev–Trinajstić information content (AvgIpc) is 1.87. The van der Waals surface area contributed by atoms with Gasteiger partial charge < -0.3 is 5.41 Å². The molecule has 0 heterocycles. The third-order valence-corrected chi connectivity index (χ3v) is 1.50. The van der Waals surface area contributed by atoms with Gasteiger partial charge in [-0.1, -0.05) is 43.4 Å². The molecule has 1 N–H and O–H groups in total. The van der Waals surface area contributed by atoms with E-state index in [1.165, 1.54) is 6.21 Å². The summed E-state index contributed by atoms with van der Waals surface area (Å²) in [4.78, 5) is 4.12. The van der Waals surface area contributed by atoms with Crippen molar-refractivity contribution in [1.82, 2.24) is 0 Å². The maximum absolute atomic E-state index is 7.10. The van der Waals surface area contributed by atoms with Crippen LogP contribution in [0, 0.1) is 10.8 Å². The fourth-order valence-corrected chi connectivity index (χ4v) is 0.717. The summed E-state index contributed by atoms with van der Waals surface area (Å²) in [6.07, 6.45) is 3.00. The first-order valence-corrected chi connectivity index (χ1v) is 4.61. The molecule has 0 amide bonds. The molecule has 3 heteroatoms. The normalized spacial score (nSPS) is 14.0. The van der Waals surface area contributed by atoms with Crippen LogP contribution in [0.3, 0.4) is 0 Å². The molecule has 0 rings (SSSR count). The van der Waals surface area contributed by atoms with Crippen LogP contribution in [0.4, 0.5) is 0 Å². The minimum absolute atomic E-state index is 0.0299. The molecule has 0 fully saturated rings. The molecule has 0 aliphatic heterocycles. The Morgan fingerprint density at radius 3 is 2.27 bits per heavy atom. The zero-order valence-electron chi connectivity index (χ0n) is 7.06. The highest BCUT2D eigenvalue weighted by molar-refractivity contribution is 14.1. The molecule has 0 aliphatic rings. The van der Waals surface area contributed by atoms with Gasteiger partial charge in [0, 0.05) is 17.8 Å². The van der Waals surface area contributed by atoms with E-state index in [0.29, 0.717) is 0 Å². The van der Waals surface area contributed by atoms with Crippen LogP contribution in [0.5, 0.6) is 0 Å². The van der Waals surface area contributed by atoms with Gasteiger partial charge in [0.1, 0.15) is 0 Å². The zero-order valence-corrected chi connectivity index (χ0v) is 9.21. The number of rotatable bonds is 2. The quantitative estimate of drug-likeness (QED) is 0.588. The zero-order chi connectivity index (χ0) is 8.91. The van der Waals surface area contributed by atoms with Gasteiger partial charge in [-0.3, -0.25) is 4.99 Å². The van der Waals surface area contributed by atoms with Crippen LogP contribution in [0.15, 0.2) is 15.3 Å². The Morgan fingerprint density at radius 1 is 1.45 bits per heavy atom. The third-order valence-electron chi connectivity index (χ3n) is 1.18. The van der Waals surface area contributed by atoms with Crippen molar-refractivity contribution in [3.63, 3.8) is 0 Å². The Balaban J connectivity index is 4.53. The number of hydrogen-bond acceptors (Lipinski definition) is 2.